The molecule has 0 fully saturated rings. The lowest BCUT2D eigenvalue weighted by molar-refractivity contribution is 0.621. The van der Waals surface area contributed by atoms with Crippen LogP contribution in [0.25, 0.3) is 10.9 Å². The fourth-order valence-electron chi connectivity index (χ4n) is 2.46. The van der Waals surface area contributed by atoms with Gasteiger partial charge in [-0.15, -0.1) is 0 Å². The number of aromatic nitrogens is 1. The number of para-hydroxylation sites is 1. The first-order valence-electron chi connectivity index (χ1n) is 6.86. The third kappa shape index (κ3) is 2.82. The Bertz CT molecular complexity index is 780. The molecular weight excluding hydrogens is 283 g/mol. The standard InChI is InChI=1S/C17H17FN2S/c1-11-4-3-5-14-16(10-20-17(11)14)21-15-7-6-13(18)8-12(15)9-19-2/h3-8,10,19-20H,9H2,1-2H3. The molecule has 0 amide bonds. The number of H-pyrrole nitrogens is 1. The summed E-state index contributed by atoms with van der Waals surface area (Å²) in [5.41, 5.74) is 3.37. The van der Waals surface area contributed by atoms with Crippen LogP contribution in [0.2, 0.25) is 0 Å². The van der Waals surface area contributed by atoms with Gasteiger partial charge in [-0.25, -0.2) is 4.39 Å². The highest BCUT2D eigenvalue weighted by atomic mass is 32.2. The average Bonchev–Trinajstić information content (AvgIpc) is 2.87. The average molecular weight is 300 g/mol. The zero-order chi connectivity index (χ0) is 14.8. The van der Waals surface area contributed by atoms with E-state index in [0.29, 0.717) is 6.54 Å². The highest BCUT2D eigenvalue weighted by Crippen LogP contribution is 2.36. The zero-order valence-corrected chi connectivity index (χ0v) is 12.9. The van der Waals surface area contributed by atoms with E-state index in [1.807, 2.05) is 19.3 Å². The van der Waals surface area contributed by atoms with Gasteiger partial charge in [0.1, 0.15) is 5.82 Å². The van der Waals surface area contributed by atoms with Gasteiger partial charge in [-0.1, -0.05) is 30.0 Å². The molecule has 1 heterocycles. The number of hydrogen-bond donors (Lipinski definition) is 2. The minimum absolute atomic E-state index is 0.195. The summed E-state index contributed by atoms with van der Waals surface area (Å²) in [6.07, 6.45) is 2.02. The van der Waals surface area contributed by atoms with Crippen molar-refractivity contribution in [3.8, 4) is 0 Å². The Morgan fingerprint density at radius 1 is 1.19 bits per heavy atom. The Kier molecular flexibility index (Phi) is 3.99. The van der Waals surface area contributed by atoms with Crippen LogP contribution in [0.15, 0.2) is 52.4 Å². The molecule has 0 radical (unpaired) electrons. The predicted octanol–water partition coefficient (Wildman–Crippen LogP) is 4.49. The lowest BCUT2D eigenvalue weighted by Crippen LogP contribution is -2.06. The van der Waals surface area contributed by atoms with Crippen LogP contribution in [-0.4, -0.2) is 12.0 Å². The van der Waals surface area contributed by atoms with Crippen molar-refractivity contribution in [2.45, 2.75) is 23.3 Å². The molecule has 2 aromatic carbocycles. The van der Waals surface area contributed by atoms with Crippen LogP contribution in [0.5, 0.6) is 0 Å². The molecule has 0 aliphatic rings. The zero-order valence-electron chi connectivity index (χ0n) is 12.0. The van der Waals surface area contributed by atoms with E-state index in [9.17, 15) is 4.39 Å². The Hall–Kier alpha value is -1.78. The van der Waals surface area contributed by atoms with Crippen LogP contribution in [0.1, 0.15) is 11.1 Å². The van der Waals surface area contributed by atoms with E-state index in [-0.39, 0.29) is 5.82 Å². The van der Waals surface area contributed by atoms with Gasteiger partial charge >= 0.3 is 0 Å². The van der Waals surface area contributed by atoms with Gasteiger partial charge in [0, 0.05) is 33.4 Å². The van der Waals surface area contributed by atoms with E-state index < -0.39 is 0 Å². The summed E-state index contributed by atoms with van der Waals surface area (Å²) in [5, 5.41) is 4.30. The predicted molar refractivity (Wildman–Crippen MR) is 86.3 cm³/mol. The molecular formula is C17H17FN2S. The molecule has 0 aliphatic carbocycles. The summed E-state index contributed by atoms with van der Waals surface area (Å²) in [7, 11) is 1.87. The number of aryl methyl sites for hydroxylation is 1. The lowest BCUT2D eigenvalue weighted by atomic mass is 10.2. The summed E-state index contributed by atoms with van der Waals surface area (Å²) in [5.74, 6) is -0.195. The SMILES string of the molecule is CNCc1cc(F)ccc1Sc1c[nH]c2c(C)cccc12. The second kappa shape index (κ2) is 5.92. The van der Waals surface area contributed by atoms with Gasteiger partial charge in [0.25, 0.3) is 0 Å². The van der Waals surface area contributed by atoms with Crippen molar-refractivity contribution in [3.05, 3.63) is 59.5 Å². The molecule has 0 unspecified atom stereocenters. The van der Waals surface area contributed by atoms with E-state index in [4.69, 9.17) is 0 Å². The molecule has 4 heteroatoms. The largest absolute Gasteiger partial charge is 0.360 e. The third-order valence-corrected chi connectivity index (χ3v) is 4.67. The summed E-state index contributed by atoms with van der Waals surface area (Å²) in [6.45, 7) is 2.75. The molecule has 1 aromatic heterocycles. The van der Waals surface area contributed by atoms with Gasteiger partial charge in [0.15, 0.2) is 0 Å². The van der Waals surface area contributed by atoms with E-state index >= 15 is 0 Å². The highest BCUT2D eigenvalue weighted by Gasteiger charge is 2.10. The number of fused-ring (bicyclic) bond motifs is 1. The summed E-state index contributed by atoms with van der Waals surface area (Å²) >= 11 is 1.67. The number of aromatic amines is 1. The normalized spacial score (nSPS) is 11.2. The van der Waals surface area contributed by atoms with Gasteiger partial charge in [0.05, 0.1) is 0 Å². The van der Waals surface area contributed by atoms with Crippen LogP contribution in [0, 0.1) is 12.7 Å². The molecule has 0 aliphatic heterocycles. The van der Waals surface area contributed by atoms with Crippen LogP contribution in [-0.2, 0) is 6.54 Å². The Morgan fingerprint density at radius 2 is 2.05 bits per heavy atom. The van der Waals surface area contributed by atoms with Gasteiger partial charge in [-0.05, 0) is 43.3 Å². The Labute approximate surface area is 127 Å². The van der Waals surface area contributed by atoms with Crippen LogP contribution < -0.4 is 5.32 Å². The number of benzene rings is 2. The first kappa shape index (κ1) is 14.2. The van der Waals surface area contributed by atoms with E-state index in [0.717, 1.165) is 20.9 Å². The fourth-order valence-corrected chi connectivity index (χ4v) is 3.49. The maximum atomic E-state index is 13.4. The summed E-state index contributed by atoms with van der Waals surface area (Å²) in [4.78, 5) is 5.57. The van der Waals surface area contributed by atoms with Crippen molar-refractivity contribution in [2.24, 2.45) is 0 Å². The van der Waals surface area contributed by atoms with Crippen LogP contribution in [0.4, 0.5) is 4.39 Å². The molecule has 2 nitrogen and oxygen atoms in total. The summed E-state index contributed by atoms with van der Waals surface area (Å²) < 4.78 is 13.4. The minimum Gasteiger partial charge on any atom is -0.360 e. The fraction of sp³-hybridized carbons (Fsp3) is 0.176. The molecule has 0 spiro atoms. The van der Waals surface area contributed by atoms with E-state index in [2.05, 4.69) is 35.4 Å². The van der Waals surface area contributed by atoms with Crippen molar-refractivity contribution in [1.29, 1.82) is 0 Å². The van der Waals surface area contributed by atoms with Gasteiger partial charge in [-0.2, -0.15) is 0 Å². The van der Waals surface area contributed by atoms with Crippen molar-refractivity contribution >= 4 is 22.7 Å². The highest BCUT2D eigenvalue weighted by molar-refractivity contribution is 7.99. The van der Waals surface area contributed by atoms with Gasteiger partial charge in [-0.3, -0.25) is 0 Å². The Morgan fingerprint density at radius 3 is 2.86 bits per heavy atom. The molecule has 0 atom stereocenters. The monoisotopic (exact) mass is 300 g/mol. The third-order valence-electron chi connectivity index (χ3n) is 3.50. The quantitative estimate of drug-likeness (QED) is 0.743. The molecule has 3 rings (SSSR count). The van der Waals surface area contributed by atoms with Gasteiger partial charge < -0.3 is 10.3 Å². The number of halogens is 1. The van der Waals surface area contributed by atoms with Crippen LogP contribution in [0.3, 0.4) is 0 Å². The van der Waals surface area contributed by atoms with Crippen molar-refractivity contribution < 1.29 is 4.39 Å². The molecule has 0 saturated carbocycles. The molecule has 21 heavy (non-hydrogen) atoms. The number of rotatable bonds is 4. The topological polar surface area (TPSA) is 27.8 Å². The Balaban J connectivity index is 2.01. The molecule has 108 valence electrons. The first-order valence-corrected chi connectivity index (χ1v) is 7.68. The van der Waals surface area contributed by atoms with Crippen molar-refractivity contribution in [2.75, 3.05) is 7.05 Å². The maximum Gasteiger partial charge on any atom is 0.123 e. The molecule has 2 N–H and O–H groups in total. The maximum absolute atomic E-state index is 13.4. The lowest BCUT2D eigenvalue weighted by Gasteiger charge is -2.08. The smallest absolute Gasteiger partial charge is 0.123 e. The van der Waals surface area contributed by atoms with E-state index in [1.54, 1.807) is 17.8 Å². The molecule has 0 bridgehead atoms. The second-order valence-corrected chi connectivity index (χ2v) is 6.12. The second-order valence-electron chi connectivity index (χ2n) is 5.03. The van der Waals surface area contributed by atoms with E-state index in [1.165, 1.54) is 17.0 Å². The summed E-state index contributed by atoms with van der Waals surface area (Å²) in [6, 6.07) is 11.2. The molecule has 3 aromatic rings. The van der Waals surface area contributed by atoms with Crippen molar-refractivity contribution in [3.63, 3.8) is 0 Å². The number of hydrogen-bond acceptors (Lipinski definition) is 2. The first-order chi connectivity index (χ1) is 10.2. The minimum atomic E-state index is -0.195. The molecule has 0 saturated heterocycles. The van der Waals surface area contributed by atoms with Crippen molar-refractivity contribution in [1.82, 2.24) is 10.3 Å². The van der Waals surface area contributed by atoms with Gasteiger partial charge in [0.2, 0.25) is 0 Å². The number of nitrogens with one attached hydrogen (secondary N) is 2. The van der Waals surface area contributed by atoms with Crippen LogP contribution >= 0.6 is 11.8 Å².